The number of carbonyl (C=O) groups is 2. The van der Waals surface area contributed by atoms with Crippen LogP contribution in [0.3, 0.4) is 0 Å². The van der Waals surface area contributed by atoms with E-state index in [-0.39, 0.29) is 47.6 Å². The van der Waals surface area contributed by atoms with Crippen LogP contribution >= 0.6 is 23.2 Å². The van der Waals surface area contributed by atoms with Crippen LogP contribution in [0.1, 0.15) is 56.7 Å². The second-order valence-corrected chi connectivity index (χ2v) is 13.2. The first-order valence-electron chi connectivity index (χ1n) is 14.2. The third-order valence-corrected chi connectivity index (χ3v) is 10.3. The molecular weight excluding hydrogens is 551 g/mol. The quantitative estimate of drug-likeness (QED) is 0.361. The van der Waals surface area contributed by atoms with Gasteiger partial charge in [-0.05, 0) is 68.8 Å². The molecule has 0 aromatic heterocycles. The van der Waals surface area contributed by atoms with Crippen LogP contribution in [0.5, 0.6) is 17.2 Å². The molecule has 0 radical (unpaired) electrons. The van der Waals surface area contributed by atoms with Gasteiger partial charge in [-0.15, -0.1) is 0 Å². The van der Waals surface area contributed by atoms with E-state index in [0.29, 0.717) is 34.0 Å². The van der Waals surface area contributed by atoms with Crippen LogP contribution in [0.2, 0.25) is 10.0 Å². The summed E-state index contributed by atoms with van der Waals surface area (Å²) in [5.74, 6) is 1.09. The molecule has 2 aliphatic heterocycles. The molecule has 1 saturated carbocycles. The van der Waals surface area contributed by atoms with Gasteiger partial charge in [0.1, 0.15) is 11.9 Å². The molecule has 2 heterocycles. The first kappa shape index (κ1) is 27.7. The molecule has 0 unspecified atom stereocenters. The maximum atomic E-state index is 14.0. The third kappa shape index (κ3) is 4.27. The number of ether oxygens (including phenoxy) is 2. The molecular formula is C31H36Cl2N2O5. The molecule has 1 saturated heterocycles. The lowest BCUT2D eigenvalue weighted by atomic mass is 9.51. The fraction of sp³-hybridized carbons (Fsp3) is 0.548. The largest absolute Gasteiger partial charge is 0.504 e. The Morgan fingerprint density at radius 3 is 2.70 bits per heavy atom. The van der Waals surface area contributed by atoms with Gasteiger partial charge in [0, 0.05) is 42.1 Å². The molecule has 9 heteroatoms. The average Bonchev–Trinajstić information content (AvgIpc) is 3.23. The van der Waals surface area contributed by atoms with Crippen molar-refractivity contribution in [3.8, 4) is 17.2 Å². The van der Waals surface area contributed by atoms with Gasteiger partial charge in [0.15, 0.2) is 11.5 Å². The predicted octanol–water partition coefficient (Wildman–Crippen LogP) is 5.39. The van der Waals surface area contributed by atoms with Crippen LogP contribution in [0.15, 0.2) is 24.3 Å². The summed E-state index contributed by atoms with van der Waals surface area (Å²) in [5.41, 5.74) is 2.40. The summed E-state index contributed by atoms with van der Waals surface area (Å²) >= 11 is 12.4. The molecule has 2 aromatic carbocycles. The first-order chi connectivity index (χ1) is 19.0. The van der Waals surface area contributed by atoms with Crippen molar-refractivity contribution in [3.05, 3.63) is 51.0 Å². The summed E-state index contributed by atoms with van der Waals surface area (Å²) in [5, 5.41) is 12.0. The van der Waals surface area contributed by atoms with E-state index in [1.165, 1.54) is 13.0 Å². The van der Waals surface area contributed by atoms with E-state index in [4.69, 9.17) is 32.7 Å². The van der Waals surface area contributed by atoms with Gasteiger partial charge in [-0.3, -0.25) is 9.59 Å². The summed E-state index contributed by atoms with van der Waals surface area (Å²) < 4.78 is 12.4. The number of phenolic OH excluding ortho intramolecular Hbond substituents is 1. The van der Waals surface area contributed by atoms with Crippen molar-refractivity contribution in [1.29, 1.82) is 0 Å². The molecule has 6 rings (SSSR count). The molecule has 1 spiro atoms. The molecule has 7 nitrogen and oxygen atoms in total. The molecule has 214 valence electrons. The van der Waals surface area contributed by atoms with Crippen molar-refractivity contribution >= 4 is 35.1 Å². The minimum absolute atomic E-state index is 0.00815. The van der Waals surface area contributed by atoms with E-state index in [1.54, 1.807) is 12.1 Å². The molecule has 2 bridgehead atoms. The Balaban J connectivity index is 1.43. The highest BCUT2D eigenvalue weighted by Gasteiger charge is 2.67. The lowest BCUT2D eigenvalue weighted by molar-refractivity contribution is -0.142. The predicted molar refractivity (Wildman–Crippen MR) is 153 cm³/mol. The minimum Gasteiger partial charge on any atom is -0.504 e. The number of benzene rings is 2. The van der Waals surface area contributed by atoms with Gasteiger partial charge in [0.25, 0.3) is 0 Å². The minimum atomic E-state index is -0.415. The van der Waals surface area contributed by atoms with Crippen LogP contribution in [-0.4, -0.2) is 65.1 Å². The Kier molecular flexibility index (Phi) is 6.99. The number of rotatable bonds is 6. The Hall–Kier alpha value is -2.48. The van der Waals surface area contributed by atoms with Crippen molar-refractivity contribution in [2.75, 3.05) is 20.1 Å². The monoisotopic (exact) mass is 586 g/mol. The summed E-state index contributed by atoms with van der Waals surface area (Å²) in [6.07, 6.45) is 3.28. The van der Waals surface area contributed by atoms with Gasteiger partial charge in [-0.1, -0.05) is 43.1 Å². The normalized spacial score (nSPS) is 28.2. The summed E-state index contributed by atoms with van der Waals surface area (Å²) in [6.45, 7) is 7.12. The van der Waals surface area contributed by atoms with Gasteiger partial charge >= 0.3 is 5.97 Å². The van der Waals surface area contributed by atoms with Crippen LogP contribution in [0.25, 0.3) is 0 Å². The SMILES string of the molecule is CC(=O)Oc1cc(O)c2c3c1C[C@@H]1[C@@H]4CC[C@H](N(CC(C)C)C(=O)Cc5ccc(Cl)c(Cl)c5)[C@H](O2)[C@]34CCN1C. The number of phenols is 1. The molecule has 1 amide bonds. The number of aromatic hydroxyl groups is 1. The van der Waals surface area contributed by atoms with Gasteiger partial charge < -0.3 is 24.4 Å². The Morgan fingerprint density at radius 2 is 2.00 bits per heavy atom. The van der Waals surface area contributed by atoms with E-state index in [9.17, 15) is 14.7 Å². The second-order valence-electron chi connectivity index (χ2n) is 12.4. The third-order valence-electron chi connectivity index (χ3n) is 9.53. The number of hydrogen-bond acceptors (Lipinski definition) is 6. The standard InChI is InChI=1S/C31H36Cl2N2O5/c1-16(2)15-35(27(38)12-18-5-7-21(32)22(33)11-18)23-8-6-20-24-13-19-26(39-17(3)36)14-25(37)29-28(19)31(20,30(23)40-29)9-10-34(24)4/h5,7,11,14,16,20,23-24,30,37H,6,8-10,12-13,15H2,1-4H3/t20-,23-,24+,30-,31-/m0/s1. The van der Waals surface area contributed by atoms with Gasteiger partial charge in [-0.25, -0.2) is 0 Å². The zero-order valence-corrected chi connectivity index (χ0v) is 24.9. The zero-order chi connectivity index (χ0) is 28.5. The van der Waals surface area contributed by atoms with Crippen molar-refractivity contribution < 1.29 is 24.2 Å². The highest BCUT2D eigenvalue weighted by atomic mass is 35.5. The highest BCUT2D eigenvalue weighted by molar-refractivity contribution is 6.42. The molecule has 4 aliphatic rings. The number of piperidine rings is 1. The molecule has 2 fully saturated rings. The number of likely N-dealkylation sites (N-methyl/N-ethyl adjacent to an activating group) is 1. The number of nitrogens with zero attached hydrogens (tertiary/aromatic N) is 2. The van der Waals surface area contributed by atoms with Crippen molar-refractivity contribution in [2.45, 2.75) is 76.5 Å². The Labute approximate surface area is 245 Å². The van der Waals surface area contributed by atoms with Crippen LogP contribution < -0.4 is 9.47 Å². The Bertz CT molecular complexity index is 1380. The average molecular weight is 588 g/mol. The van der Waals surface area contributed by atoms with Crippen molar-refractivity contribution in [3.63, 3.8) is 0 Å². The maximum absolute atomic E-state index is 14.0. The fourth-order valence-electron chi connectivity index (χ4n) is 8.07. The molecule has 5 atom stereocenters. The summed E-state index contributed by atoms with van der Waals surface area (Å²) in [6, 6.07) is 6.97. The number of halogens is 2. The van der Waals surface area contributed by atoms with Gasteiger partial charge in [0.2, 0.25) is 5.91 Å². The second kappa shape index (κ2) is 10.1. The van der Waals surface area contributed by atoms with E-state index in [2.05, 4.69) is 25.8 Å². The van der Waals surface area contributed by atoms with E-state index in [1.807, 2.05) is 11.0 Å². The smallest absolute Gasteiger partial charge is 0.308 e. The first-order valence-corrected chi connectivity index (χ1v) is 14.9. The van der Waals surface area contributed by atoms with Gasteiger partial charge in [0.05, 0.1) is 22.5 Å². The molecule has 40 heavy (non-hydrogen) atoms. The number of hydrogen-bond donors (Lipinski definition) is 1. The highest BCUT2D eigenvalue weighted by Crippen LogP contribution is 2.65. The summed E-state index contributed by atoms with van der Waals surface area (Å²) in [4.78, 5) is 30.4. The molecule has 2 aliphatic carbocycles. The van der Waals surface area contributed by atoms with Crippen LogP contribution in [0, 0.1) is 11.8 Å². The maximum Gasteiger partial charge on any atom is 0.308 e. The number of likely N-dealkylation sites (tertiary alicyclic amines) is 1. The number of esters is 1. The fourth-order valence-corrected chi connectivity index (χ4v) is 8.39. The zero-order valence-electron chi connectivity index (χ0n) is 23.4. The van der Waals surface area contributed by atoms with E-state index < -0.39 is 5.97 Å². The van der Waals surface area contributed by atoms with Crippen molar-refractivity contribution in [2.24, 2.45) is 11.8 Å². The van der Waals surface area contributed by atoms with Crippen LogP contribution in [-0.2, 0) is 27.8 Å². The topological polar surface area (TPSA) is 79.3 Å². The van der Waals surface area contributed by atoms with E-state index in [0.717, 1.165) is 48.9 Å². The lowest BCUT2D eigenvalue weighted by Crippen LogP contribution is -2.69. The van der Waals surface area contributed by atoms with Crippen LogP contribution in [0.4, 0.5) is 0 Å². The number of amides is 1. The van der Waals surface area contributed by atoms with Crippen molar-refractivity contribution in [1.82, 2.24) is 9.80 Å². The molecule has 2 aromatic rings. The van der Waals surface area contributed by atoms with Gasteiger partial charge in [-0.2, -0.15) is 0 Å². The summed E-state index contributed by atoms with van der Waals surface area (Å²) in [7, 11) is 2.16. The van der Waals surface area contributed by atoms with E-state index >= 15 is 0 Å². The Morgan fingerprint density at radius 1 is 1.23 bits per heavy atom. The lowest BCUT2D eigenvalue weighted by Gasteiger charge is -2.60. The number of carbonyl (C=O) groups excluding carboxylic acids is 2. The molecule has 1 N–H and O–H groups in total.